The highest BCUT2D eigenvalue weighted by Gasteiger charge is 2.27. The number of rotatable bonds is 6. The SMILES string of the molecule is CCc1ccc(NC2NC(=O)/C(=C/c3cc(C)n(-c4cccc(C(=O)O)c4)c3C)S2)cc1. The number of thioether (sulfide) groups is 1. The zero-order chi connectivity index (χ0) is 22.8. The Balaban J connectivity index is 1.56. The van der Waals surface area contributed by atoms with E-state index < -0.39 is 5.97 Å². The molecule has 164 valence electrons. The second kappa shape index (κ2) is 8.96. The molecule has 1 fully saturated rings. The van der Waals surface area contributed by atoms with Crippen LogP contribution in [0.4, 0.5) is 5.69 Å². The third-order valence-corrected chi connectivity index (χ3v) is 6.53. The average molecular weight is 448 g/mol. The van der Waals surface area contributed by atoms with E-state index in [-0.39, 0.29) is 17.0 Å². The molecular weight excluding hydrogens is 422 g/mol. The summed E-state index contributed by atoms with van der Waals surface area (Å²) >= 11 is 1.45. The van der Waals surface area contributed by atoms with Crippen molar-refractivity contribution in [3.05, 3.63) is 87.6 Å². The third-order valence-electron chi connectivity index (χ3n) is 5.50. The Bertz CT molecular complexity index is 1210. The Morgan fingerprint density at radius 3 is 2.62 bits per heavy atom. The average Bonchev–Trinajstić information content (AvgIpc) is 3.26. The Labute approximate surface area is 191 Å². The van der Waals surface area contributed by atoms with Crippen LogP contribution in [0.5, 0.6) is 0 Å². The fourth-order valence-corrected chi connectivity index (χ4v) is 4.78. The number of hydrogen-bond acceptors (Lipinski definition) is 4. The van der Waals surface area contributed by atoms with Crippen LogP contribution in [0.2, 0.25) is 0 Å². The summed E-state index contributed by atoms with van der Waals surface area (Å²) < 4.78 is 2.00. The first kappa shape index (κ1) is 21.8. The molecule has 32 heavy (non-hydrogen) atoms. The zero-order valence-electron chi connectivity index (χ0n) is 18.2. The van der Waals surface area contributed by atoms with Gasteiger partial charge in [-0.25, -0.2) is 4.79 Å². The summed E-state index contributed by atoms with van der Waals surface area (Å²) in [6.07, 6.45) is 2.88. The maximum atomic E-state index is 12.6. The number of nitrogens with zero attached hydrogens (tertiary/aromatic N) is 1. The number of nitrogens with one attached hydrogen (secondary N) is 2. The summed E-state index contributed by atoms with van der Waals surface area (Å²) in [5.74, 6) is -1.08. The predicted octanol–water partition coefficient (Wildman–Crippen LogP) is 4.95. The molecule has 0 saturated carbocycles. The van der Waals surface area contributed by atoms with Crippen molar-refractivity contribution in [2.45, 2.75) is 32.7 Å². The molecule has 1 atom stereocenters. The Morgan fingerprint density at radius 1 is 1.19 bits per heavy atom. The number of anilines is 1. The van der Waals surface area contributed by atoms with E-state index in [0.717, 1.165) is 34.7 Å². The molecule has 1 aromatic heterocycles. The second-order valence-corrected chi connectivity index (χ2v) is 8.84. The van der Waals surface area contributed by atoms with Gasteiger partial charge in [0.2, 0.25) is 0 Å². The number of aryl methyl sites for hydroxylation is 2. The van der Waals surface area contributed by atoms with Gasteiger partial charge in [-0.05, 0) is 73.9 Å². The predicted molar refractivity (Wildman–Crippen MR) is 129 cm³/mol. The highest BCUT2D eigenvalue weighted by molar-refractivity contribution is 8.05. The molecule has 1 amide bonds. The van der Waals surface area contributed by atoms with Gasteiger partial charge in [0.1, 0.15) is 0 Å². The fraction of sp³-hybridized carbons (Fsp3) is 0.200. The topological polar surface area (TPSA) is 83.4 Å². The third kappa shape index (κ3) is 4.43. The molecule has 1 unspecified atom stereocenters. The normalized spacial score (nSPS) is 16.9. The highest BCUT2D eigenvalue weighted by Crippen LogP contribution is 2.32. The van der Waals surface area contributed by atoms with Crippen LogP contribution in [0.1, 0.15) is 39.8 Å². The highest BCUT2D eigenvalue weighted by atomic mass is 32.2. The first-order chi connectivity index (χ1) is 15.4. The van der Waals surface area contributed by atoms with E-state index in [9.17, 15) is 14.7 Å². The lowest BCUT2D eigenvalue weighted by Gasteiger charge is -2.12. The largest absolute Gasteiger partial charge is 0.478 e. The summed E-state index contributed by atoms with van der Waals surface area (Å²) in [5, 5.41) is 15.6. The van der Waals surface area contributed by atoms with E-state index in [1.54, 1.807) is 18.2 Å². The number of amides is 1. The molecule has 0 spiro atoms. The first-order valence-electron chi connectivity index (χ1n) is 10.4. The molecule has 0 radical (unpaired) electrons. The van der Waals surface area contributed by atoms with Crippen LogP contribution in [-0.4, -0.2) is 27.0 Å². The van der Waals surface area contributed by atoms with E-state index in [2.05, 4.69) is 29.7 Å². The van der Waals surface area contributed by atoms with Crippen LogP contribution in [0.25, 0.3) is 11.8 Å². The molecule has 1 aliphatic heterocycles. The molecule has 3 N–H and O–H groups in total. The summed E-state index contributed by atoms with van der Waals surface area (Å²) in [6, 6.07) is 17.0. The molecular formula is C25H25N3O3S. The van der Waals surface area contributed by atoms with Gasteiger partial charge in [-0.15, -0.1) is 0 Å². The molecule has 2 heterocycles. The first-order valence-corrected chi connectivity index (χ1v) is 11.3. The fourth-order valence-electron chi connectivity index (χ4n) is 3.80. The lowest BCUT2D eigenvalue weighted by Crippen LogP contribution is -2.30. The molecule has 2 aromatic carbocycles. The van der Waals surface area contributed by atoms with Crippen molar-refractivity contribution in [1.82, 2.24) is 9.88 Å². The van der Waals surface area contributed by atoms with Gasteiger partial charge in [0, 0.05) is 22.8 Å². The summed E-state index contributed by atoms with van der Waals surface area (Å²) in [4.78, 5) is 24.5. The number of carboxylic acids is 1. The minimum Gasteiger partial charge on any atom is -0.478 e. The van der Waals surface area contributed by atoms with Crippen LogP contribution < -0.4 is 10.6 Å². The minimum absolute atomic E-state index is 0.115. The number of carbonyl (C=O) groups excluding carboxylic acids is 1. The molecule has 1 aliphatic rings. The van der Waals surface area contributed by atoms with E-state index in [0.29, 0.717) is 4.91 Å². The number of carbonyl (C=O) groups is 2. The quantitative estimate of drug-likeness (QED) is 0.466. The van der Waals surface area contributed by atoms with E-state index >= 15 is 0 Å². The van der Waals surface area contributed by atoms with Crippen molar-refractivity contribution in [2.24, 2.45) is 0 Å². The minimum atomic E-state index is -0.960. The molecule has 0 bridgehead atoms. The lowest BCUT2D eigenvalue weighted by molar-refractivity contribution is -0.116. The van der Waals surface area contributed by atoms with E-state index in [4.69, 9.17) is 0 Å². The van der Waals surface area contributed by atoms with Crippen molar-refractivity contribution >= 4 is 35.4 Å². The van der Waals surface area contributed by atoms with Crippen molar-refractivity contribution < 1.29 is 14.7 Å². The van der Waals surface area contributed by atoms with Crippen molar-refractivity contribution in [1.29, 1.82) is 0 Å². The van der Waals surface area contributed by atoms with Crippen LogP contribution in [0, 0.1) is 13.8 Å². The monoisotopic (exact) mass is 447 g/mol. The summed E-state index contributed by atoms with van der Waals surface area (Å²) in [7, 11) is 0. The standard InChI is InChI=1S/C25H25N3O3S/c1-4-17-8-10-20(11-9-17)26-25-27-23(29)22(32-25)14-19-12-15(2)28(16(19)3)21-7-5-6-18(13-21)24(30)31/h5-14,25-26H,4H2,1-3H3,(H,27,29)(H,30,31)/b22-14-. The Morgan fingerprint density at radius 2 is 1.94 bits per heavy atom. The maximum absolute atomic E-state index is 12.6. The molecule has 7 heteroatoms. The van der Waals surface area contributed by atoms with Gasteiger partial charge in [-0.1, -0.05) is 36.9 Å². The lowest BCUT2D eigenvalue weighted by atomic mass is 10.1. The van der Waals surface area contributed by atoms with Gasteiger partial charge >= 0.3 is 5.97 Å². The van der Waals surface area contributed by atoms with Gasteiger partial charge in [-0.2, -0.15) is 0 Å². The number of aromatic carboxylic acids is 1. The number of aromatic nitrogens is 1. The zero-order valence-corrected chi connectivity index (χ0v) is 19.0. The van der Waals surface area contributed by atoms with Crippen LogP contribution >= 0.6 is 11.8 Å². The molecule has 4 rings (SSSR count). The van der Waals surface area contributed by atoms with Gasteiger partial charge in [-0.3, -0.25) is 4.79 Å². The van der Waals surface area contributed by atoms with Crippen molar-refractivity contribution in [3.63, 3.8) is 0 Å². The Hall–Kier alpha value is -3.45. The number of benzene rings is 2. The number of hydrogen-bond donors (Lipinski definition) is 3. The van der Waals surface area contributed by atoms with Crippen LogP contribution in [-0.2, 0) is 11.2 Å². The second-order valence-electron chi connectivity index (χ2n) is 7.69. The van der Waals surface area contributed by atoms with Gasteiger partial charge in [0.05, 0.1) is 10.5 Å². The Kier molecular flexibility index (Phi) is 6.10. The van der Waals surface area contributed by atoms with Crippen LogP contribution in [0.3, 0.4) is 0 Å². The summed E-state index contributed by atoms with van der Waals surface area (Å²) in [5.41, 5.74) is 5.83. The van der Waals surface area contributed by atoms with Gasteiger partial charge in [0.15, 0.2) is 5.50 Å². The molecule has 3 aromatic rings. The summed E-state index contributed by atoms with van der Waals surface area (Å²) in [6.45, 7) is 6.05. The van der Waals surface area contributed by atoms with Gasteiger partial charge < -0.3 is 20.3 Å². The van der Waals surface area contributed by atoms with Gasteiger partial charge in [0.25, 0.3) is 5.91 Å². The van der Waals surface area contributed by atoms with Crippen molar-refractivity contribution in [3.8, 4) is 5.69 Å². The molecule has 0 aliphatic carbocycles. The number of carboxylic acid groups (broad SMARTS) is 1. The van der Waals surface area contributed by atoms with E-state index in [1.807, 2.05) is 48.8 Å². The maximum Gasteiger partial charge on any atom is 0.335 e. The molecule has 1 saturated heterocycles. The van der Waals surface area contributed by atoms with E-state index in [1.165, 1.54) is 17.3 Å². The van der Waals surface area contributed by atoms with Crippen molar-refractivity contribution in [2.75, 3.05) is 5.32 Å². The van der Waals surface area contributed by atoms with Crippen LogP contribution in [0.15, 0.2) is 59.5 Å². The smallest absolute Gasteiger partial charge is 0.335 e. The molecule has 6 nitrogen and oxygen atoms in total.